The Hall–Kier alpha value is -2.46. The molecule has 1 aromatic carbocycles. The van der Waals surface area contributed by atoms with Crippen molar-refractivity contribution in [2.24, 2.45) is 0 Å². The van der Waals surface area contributed by atoms with Crippen molar-refractivity contribution in [1.82, 2.24) is 4.98 Å². The van der Waals surface area contributed by atoms with E-state index >= 15 is 0 Å². The topological polar surface area (TPSA) is 33.2 Å². The summed E-state index contributed by atoms with van der Waals surface area (Å²) in [5.41, 5.74) is 4.22. The first-order chi connectivity index (χ1) is 10.7. The van der Waals surface area contributed by atoms with Crippen LogP contribution in [0.25, 0.3) is 11.1 Å². The highest BCUT2D eigenvalue weighted by Crippen LogP contribution is 2.24. The molecule has 0 unspecified atom stereocenters. The molecule has 0 aliphatic carbocycles. The van der Waals surface area contributed by atoms with Gasteiger partial charge in [0.25, 0.3) is 0 Å². The van der Waals surface area contributed by atoms with Gasteiger partial charge in [-0.25, -0.2) is 0 Å². The zero-order valence-electron chi connectivity index (χ0n) is 12.3. The number of carbonyl (C=O) groups excluding carboxylic acids is 1. The molecule has 3 nitrogen and oxygen atoms in total. The van der Waals surface area contributed by atoms with Crippen LogP contribution in [0.1, 0.15) is 12.5 Å². The largest absolute Gasteiger partial charge is 0.308 e. The van der Waals surface area contributed by atoms with Crippen molar-refractivity contribution in [2.45, 2.75) is 13.5 Å². The second kappa shape index (κ2) is 6.54. The summed E-state index contributed by atoms with van der Waals surface area (Å²) < 4.78 is 0. The van der Waals surface area contributed by atoms with Gasteiger partial charge in [0.15, 0.2) is 0 Å². The van der Waals surface area contributed by atoms with Gasteiger partial charge in [-0.05, 0) is 51.7 Å². The molecule has 0 aliphatic heterocycles. The van der Waals surface area contributed by atoms with Crippen LogP contribution in [-0.4, -0.2) is 10.9 Å². The number of amides is 1. The van der Waals surface area contributed by atoms with Gasteiger partial charge in [-0.2, -0.15) is 11.3 Å². The third kappa shape index (κ3) is 3.23. The highest BCUT2D eigenvalue weighted by molar-refractivity contribution is 7.07. The Labute approximate surface area is 133 Å². The average Bonchev–Trinajstić information content (AvgIpc) is 3.07. The summed E-state index contributed by atoms with van der Waals surface area (Å²) in [6.07, 6.45) is 3.60. The number of benzene rings is 1. The summed E-state index contributed by atoms with van der Waals surface area (Å²) in [7, 11) is 0. The number of nitrogens with zero attached hydrogens (tertiary/aromatic N) is 2. The van der Waals surface area contributed by atoms with Crippen molar-refractivity contribution < 1.29 is 4.79 Å². The summed E-state index contributed by atoms with van der Waals surface area (Å²) in [5, 5.41) is 4.10. The number of anilines is 1. The first-order valence-corrected chi connectivity index (χ1v) is 7.98. The van der Waals surface area contributed by atoms with Crippen LogP contribution in [0.2, 0.25) is 0 Å². The van der Waals surface area contributed by atoms with Crippen LogP contribution < -0.4 is 4.90 Å². The number of hydrogen-bond acceptors (Lipinski definition) is 3. The molecule has 2 aromatic heterocycles. The highest BCUT2D eigenvalue weighted by Gasteiger charge is 2.12. The van der Waals surface area contributed by atoms with Gasteiger partial charge in [0.05, 0.1) is 6.54 Å². The van der Waals surface area contributed by atoms with E-state index in [2.05, 4.69) is 10.4 Å². The molecular weight excluding hydrogens is 292 g/mol. The molecule has 0 fully saturated rings. The molecule has 3 rings (SSSR count). The minimum Gasteiger partial charge on any atom is -0.308 e. The molecule has 4 heteroatoms. The maximum atomic E-state index is 11.9. The fourth-order valence-electron chi connectivity index (χ4n) is 2.32. The smallest absolute Gasteiger partial charge is 0.224 e. The van der Waals surface area contributed by atoms with Gasteiger partial charge < -0.3 is 4.90 Å². The number of carbonyl (C=O) groups is 1. The molecule has 1 amide bonds. The van der Waals surface area contributed by atoms with Crippen molar-refractivity contribution >= 4 is 22.9 Å². The van der Waals surface area contributed by atoms with Crippen molar-refractivity contribution in [1.29, 1.82) is 0 Å². The fourth-order valence-corrected chi connectivity index (χ4v) is 2.98. The molecule has 0 saturated heterocycles. The molecule has 0 saturated carbocycles. The van der Waals surface area contributed by atoms with E-state index in [4.69, 9.17) is 0 Å². The molecule has 0 bridgehead atoms. The van der Waals surface area contributed by atoms with E-state index in [1.165, 1.54) is 0 Å². The number of thiophene rings is 1. The highest BCUT2D eigenvalue weighted by atomic mass is 32.1. The molecular formula is C18H16N2OS. The monoisotopic (exact) mass is 308 g/mol. The minimum atomic E-state index is 0.0420. The van der Waals surface area contributed by atoms with Crippen LogP contribution in [0, 0.1) is 0 Å². The Balaban J connectivity index is 1.85. The van der Waals surface area contributed by atoms with Crippen LogP contribution in [0.5, 0.6) is 0 Å². The van der Waals surface area contributed by atoms with Crippen molar-refractivity contribution in [3.8, 4) is 11.1 Å². The Morgan fingerprint density at radius 3 is 2.55 bits per heavy atom. The molecule has 110 valence electrons. The summed E-state index contributed by atoms with van der Waals surface area (Å²) in [4.78, 5) is 17.9. The Morgan fingerprint density at radius 2 is 1.95 bits per heavy atom. The van der Waals surface area contributed by atoms with E-state index in [1.54, 1.807) is 29.4 Å². The molecule has 2 heterocycles. The lowest BCUT2D eigenvalue weighted by Crippen LogP contribution is -2.27. The van der Waals surface area contributed by atoms with Crippen molar-refractivity contribution in [2.75, 3.05) is 4.90 Å². The number of pyridine rings is 1. The summed E-state index contributed by atoms with van der Waals surface area (Å²) in [6, 6.07) is 14.0. The lowest BCUT2D eigenvalue weighted by molar-refractivity contribution is -0.116. The van der Waals surface area contributed by atoms with Gasteiger partial charge in [0.1, 0.15) is 0 Å². The number of hydrogen-bond donors (Lipinski definition) is 0. The van der Waals surface area contributed by atoms with E-state index in [0.717, 1.165) is 22.4 Å². The predicted molar refractivity (Wildman–Crippen MR) is 90.9 cm³/mol. The van der Waals surface area contributed by atoms with Crippen LogP contribution >= 0.6 is 11.3 Å². The van der Waals surface area contributed by atoms with E-state index in [1.807, 2.05) is 54.0 Å². The summed E-state index contributed by atoms with van der Waals surface area (Å²) >= 11 is 1.64. The average molecular weight is 308 g/mol. The van der Waals surface area contributed by atoms with E-state index < -0.39 is 0 Å². The second-order valence-corrected chi connectivity index (χ2v) is 5.81. The zero-order valence-corrected chi connectivity index (χ0v) is 13.1. The Morgan fingerprint density at radius 1 is 1.14 bits per heavy atom. The quantitative estimate of drug-likeness (QED) is 0.717. The van der Waals surface area contributed by atoms with Crippen molar-refractivity contribution in [3.05, 3.63) is 71.2 Å². The van der Waals surface area contributed by atoms with Crippen LogP contribution in [0.15, 0.2) is 65.6 Å². The standard InChI is InChI=1S/C18H16N2OS/c1-14(21)20(12-15-8-10-22-13-15)18-6-4-16(5-7-18)17-3-2-9-19-11-17/h2-11,13H,12H2,1H3. The third-order valence-electron chi connectivity index (χ3n) is 3.47. The molecule has 3 aromatic rings. The van der Waals surface area contributed by atoms with Gasteiger partial charge in [0.2, 0.25) is 5.91 Å². The van der Waals surface area contributed by atoms with Gasteiger partial charge in [-0.3, -0.25) is 9.78 Å². The number of rotatable bonds is 4. The molecule has 0 N–H and O–H groups in total. The van der Waals surface area contributed by atoms with Gasteiger partial charge in [-0.15, -0.1) is 0 Å². The Kier molecular flexibility index (Phi) is 4.30. The Bertz CT molecular complexity index is 737. The van der Waals surface area contributed by atoms with E-state index in [0.29, 0.717) is 6.54 Å². The lowest BCUT2D eigenvalue weighted by atomic mass is 10.1. The molecule has 0 spiro atoms. The minimum absolute atomic E-state index is 0.0420. The van der Waals surface area contributed by atoms with Gasteiger partial charge >= 0.3 is 0 Å². The molecule has 0 radical (unpaired) electrons. The van der Waals surface area contributed by atoms with E-state index in [9.17, 15) is 4.79 Å². The molecule has 22 heavy (non-hydrogen) atoms. The zero-order chi connectivity index (χ0) is 15.4. The van der Waals surface area contributed by atoms with Gasteiger partial charge in [-0.1, -0.05) is 18.2 Å². The van der Waals surface area contributed by atoms with Crippen LogP contribution in [0.4, 0.5) is 5.69 Å². The summed E-state index contributed by atoms with van der Waals surface area (Å²) in [6.45, 7) is 2.20. The second-order valence-electron chi connectivity index (χ2n) is 5.03. The third-order valence-corrected chi connectivity index (χ3v) is 4.21. The maximum absolute atomic E-state index is 11.9. The van der Waals surface area contributed by atoms with Gasteiger partial charge in [0, 0.05) is 25.0 Å². The van der Waals surface area contributed by atoms with Crippen molar-refractivity contribution in [3.63, 3.8) is 0 Å². The first-order valence-electron chi connectivity index (χ1n) is 7.03. The van der Waals surface area contributed by atoms with Crippen LogP contribution in [-0.2, 0) is 11.3 Å². The fraction of sp³-hybridized carbons (Fsp3) is 0.111. The summed E-state index contributed by atoms with van der Waals surface area (Å²) in [5.74, 6) is 0.0420. The SMILES string of the molecule is CC(=O)N(Cc1ccsc1)c1ccc(-c2cccnc2)cc1. The maximum Gasteiger partial charge on any atom is 0.224 e. The van der Waals surface area contributed by atoms with Crippen LogP contribution in [0.3, 0.4) is 0 Å². The molecule has 0 aliphatic rings. The lowest BCUT2D eigenvalue weighted by Gasteiger charge is -2.21. The predicted octanol–water partition coefficient (Wildman–Crippen LogP) is 4.36. The number of aromatic nitrogens is 1. The first kappa shape index (κ1) is 14.5. The normalized spacial score (nSPS) is 10.4. The van der Waals surface area contributed by atoms with E-state index in [-0.39, 0.29) is 5.91 Å². The molecule has 0 atom stereocenters.